The third-order valence-electron chi connectivity index (χ3n) is 2.72. The van der Waals surface area contributed by atoms with Crippen LogP contribution in [0.2, 0.25) is 15.1 Å². The van der Waals surface area contributed by atoms with E-state index in [2.05, 4.69) is 10.1 Å². The summed E-state index contributed by atoms with van der Waals surface area (Å²) in [5, 5.41) is 6.10. The predicted molar refractivity (Wildman–Crippen MR) is 80.3 cm³/mol. The van der Waals surface area contributed by atoms with Gasteiger partial charge in [-0.1, -0.05) is 34.8 Å². The summed E-state index contributed by atoms with van der Waals surface area (Å²) in [6, 6.07) is 5.23. The molecular formula is C13H9Cl3N4. The molecule has 2 aromatic heterocycles. The van der Waals surface area contributed by atoms with Crippen LogP contribution in [0.25, 0.3) is 11.3 Å². The summed E-state index contributed by atoms with van der Waals surface area (Å²) in [6.45, 7) is 0.536. The van der Waals surface area contributed by atoms with Crippen LogP contribution in [0.4, 0.5) is 0 Å². The van der Waals surface area contributed by atoms with Gasteiger partial charge < -0.3 is 4.57 Å². The van der Waals surface area contributed by atoms with Crippen molar-refractivity contribution in [3.63, 3.8) is 0 Å². The molecule has 0 fully saturated rings. The first kappa shape index (κ1) is 13.5. The molecule has 0 saturated carbocycles. The third-order valence-corrected chi connectivity index (χ3v) is 3.43. The minimum absolute atomic E-state index is 0.536. The zero-order chi connectivity index (χ0) is 14.1. The second-order valence-corrected chi connectivity index (χ2v) is 5.52. The molecule has 1 aromatic carbocycles. The van der Waals surface area contributed by atoms with Gasteiger partial charge in [-0.05, 0) is 18.2 Å². The first-order valence-electron chi connectivity index (χ1n) is 5.77. The van der Waals surface area contributed by atoms with E-state index in [9.17, 15) is 0 Å². The maximum Gasteiger partial charge on any atom is 0.117 e. The van der Waals surface area contributed by atoms with Crippen LogP contribution in [0.15, 0.2) is 43.1 Å². The highest BCUT2D eigenvalue weighted by molar-refractivity contribution is 6.36. The summed E-state index contributed by atoms with van der Waals surface area (Å²) in [5.74, 6) is 0. The SMILES string of the molecule is Clc1cc(Cl)cc(-c2nn(Cn3ccnc3)cc2Cl)c1. The van der Waals surface area contributed by atoms with Crippen molar-refractivity contribution < 1.29 is 0 Å². The van der Waals surface area contributed by atoms with Crippen molar-refractivity contribution in [3.8, 4) is 11.3 Å². The van der Waals surface area contributed by atoms with Gasteiger partial charge >= 0.3 is 0 Å². The van der Waals surface area contributed by atoms with E-state index in [-0.39, 0.29) is 0 Å². The number of aromatic nitrogens is 4. The van der Waals surface area contributed by atoms with Crippen molar-refractivity contribution in [3.05, 3.63) is 58.2 Å². The van der Waals surface area contributed by atoms with Crippen molar-refractivity contribution in [2.75, 3.05) is 0 Å². The number of benzene rings is 1. The van der Waals surface area contributed by atoms with Crippen molar-refractivity contribution >= 4 is 34.8 Å². The highest BCUT2D eigenvalue weighted by Crippen LogP contribution is 2.30. The van der Waals surface area contributed by atoms with Gasteiger partial charge in [0.1, 0.15) is 12.4 Å². The molecule has 0 spiro atoms. The minimum atomic E-state index is 0.536. The molecule has 102 valence electrons. The average Bonchev–Trinajstić information content (AvgIpc) is 2.98. The van der Waals surface area contributed by atoms with Gasteiger partial charge in [0.2, 0.25) is 0 Å². The van der Waals surface area contributed by atoms with E-state index in [4.69, 9.17) is 34.8 Å². The molecule has 0 saturated heterocycles. The van der Waals surface area contributed by atoms with Crippen LogP contribution >= 0.6 is 34.8 Å². The van der Waals surface area contributed by atoms with Gasteiger partial charge in [-0.3, -0.25) is 4.68 Å². The maximum absolute atomic E-state index is 6.23. The van der Waals surface area contributed by atoms with Crippen LogP contribution in [0.5, 0.6) is 0 Å². The maximum atomic E-state index is 6.23. The lowest BCUT2D eigenvalue weighted by Crippen LogP contribution is -2.06. The lowest BCUT2D eigenvalue weighted by molar-refractivity contribution is 0.549. The van der Waals surface area contributed by atoms with Crippen LogP contribution in [-0.2, 0) is 6.67 Å². The van der Waals surface area contributed by atoms with Crippen LogP contribution in [-0.4, -0.2) is 19.3 Å². The second-order valence-electron chi connectivity index (χ2n) is 4.24. The van der Waals surface area contributed by atoms with Crippen LogP contribution < -0.4 is 0 Å². The van der Waals surface area contributed by atoms with Crippen molar-refractivity contribution in [1.82, 2.24) is 19.3 Å². The molecule has 2 heterocycles. The first-order chi connectivity index (χ1) is 9.61. The number of imidazole rings is 1. The molecule has 3 aromatic rings. The molecule has 0 N–H and O–H groups in total. The van der Waals surface area contributed by atoms with E-state index in [1.54, 1.807) is 41.6 Å². The normalized spacial score (nSPS) is 10.9. The fraction of sp³-hybridized carbons (Fsp3) is 0.0769. The Bertz CT molecular complexity index is 714. The molecule has 0 aliphatic carbocycles. The van der Waals surface area contributed by atoms with E-state index in [0.717, 1.165) is 5.56 Å². The van der Waals surface area contributed by atoms with E-state index < -0.39 is 0 Å². The molecule has 3 rings (SSSR count). The Morgan fingerprint density at radius 2 is 1.80 bits per heavy atom. The van der Waals surface area contributed by atoms with E-state index in [1.165, 1.54) is 0 Å². The highest BCUT2D eigenvalue weighted by Gasteiger charge is 2.11. The van der Waals surface area contributed by atoms with Gasteiger partial charge in [0.15, 0.2) is 0 Å². The number of hydrogen-bond donors (Lipinski definition) is 0. The van der Waals surface area contributed by atoms with E-state index in [1.807, 2.05) is 10.8 Å². The summed E-state index contributed by atoms with van der Waals surface area (Å²) >= 11 is 18.2. The molecule has 20 heavy (non-hydrogen) atoms. The molecule has 0 radical (unpaired) electrons. The fourth-order valence-corrected chi connectivity index (χ4v) is 2.68. The molecule has 0 amide bonds. The van der Waals surface area contributed by atoms with Crippen LogP contribution in [0, 0.1) is 0 Å². The van der Waals surface area contributed by atoms with Gasteiger partial charge in [0, 0.05) is 34.2 Å². The highest BCUT2D eigenvalue weighted by atomic mass is 35.5. The molecule has 0 atom stereocenters. The minimum Gasteiger partial charge on any atom is -0.317 e. The molecule has 0 aliphatic rings. The molecule has 7 heteroatoms. The van der Waals surface area contributed by atoms with Crippen molar-refractivity contribution in [2.45, 2.75) is 6.67 Å². The molecule has 0 unspecified atom stereocenters. The summed E-state index contributed by atoms with van der Waals surface area (Å²) in [5.41, 5.74) is 1.44. The molecular weight excluding hydrogens is 319 g/mol. The average molecular weight is 328 g/mol. The van der Waals surface area contributed by atoms with Gasteiger partial charge in [-0.25, -0.2) is 4.98 Å². The first-order valence-corrected chi connectivity index (χ1v) is 6.90. The molecule has 4 nitrogen and oxygen atoms in total. The lowest BCUT2D eigenvalue weighted by atomic mass is 10.1. The lowest BCUT2D eigenvalue weighted by Gasteiger charge is -2.02. The fourth-order valence-electron chi connectivity index (χ4n) is 1.89. The Labute approximate surface area is 130 Å². The standard InChI is InChI=1S/C13H9Cl3N4/c14-10-3-9(4-11(15)5-10)13-12(16)6-20(18-13)8-19-2-1-17-7-19/h1-7H,8H2. The number of nitrogens with zero attached hydrogens (tertiary/aromatic N) is 4. The topological polar surface area (TPSA) is 35.6 Å². The zero-order valence-corrected chi connectivity index (χ0v) is 12.4. The Hall–Kier alpha value is -1.49. The predicted octanol–water partition coefficient (Wildman–Crippen LogP) is 4.21. The monoisotopic (exact) mass is 326 g/mol. The zero-order valence-electron chi connectivity index (χ0n) is 10.2. The van der Waals surface area contributed by atoms with E-state index in [0.29, 0.717) is 27.4 Å². The smallest absolute Gasteiger partial charge is 0.117 e. The van der Waals surface area contributed by atoms with Gasteiger partial charge in [0.25, 0.3) is 0 Å². The Morgan fingerprint density at radius 3 is 2.45 bits per heavy atom. The summed E-state index contributed by atoms with van der Waals surface area (Å²) in [7, 11) is 0. The Kier molecular flexibility index (Phi) is 3.70. The van der Waals surface area contributed by atoms with Crippen LogP contribution in [0.3, 0.4) is 0 Å². The largest absolute Gasteiger partial charge is 0.317 e. The Morgan fingerprint density at radius 1 is 1.05 bits per heavy atom. The molecule has 0 bridgehead atoms. The summed E-state index contributed by atoms with van der Waals surface area (Å²) in [4.78, 5) is 3.98. The third kappa shape index (κ3) is 2.82. The van der Waals surface area contributed by atoms with Gasteiger partial charge in [0.05, 0.1) is 11.3 Å². The summed E-state index contributed by atoms with van der Waals surface area (Å²) in [6.07, 6.45) is 7.03. The quantitative estimate of drug-likeness (QED) is 0.722. The number of hydrogen-bond acceptors (Lipinski definition) is 2. The summed E-state index contributed by atoms with van der Waals surface area (Å²) < 4.78 is 3.62. The van der Waals surface area contributed by atoms with Crippen molar-refractivity contribution in [1.29, 1.82) is 0 Å². The number of rotatable bonds is 3. The molecule has 0 aliphatic heterocycles. The Balaban J connectivity index is 1.96. The van der Waals surface area contributed by atoms with Gasteiger partial charge in [-0.15, -0.1) is 0 Å². The van der Waals surface area contributed by atoms with Crippen molar-refractivity contribution in [2.24, 2.45) is 0 Å². The number of halogens is 3. The second kappa shape index (κ2) is 5.48. The van der Waals surface area contributed by atoms with Gasteiger partial charge in [-0.2, -0.15) is 5.10 Å². The van der Waals surface area contributed by atoms with Crippen LogP contribution in [0.1, 0.15) is 0 Å². The van der Waals surface area contributed by atoms with E-state index >= 15 is 0 Å².